The molecule has 2 aliphatic rings. The zero-order chi connectivity index (χ0) is 23.5. The molecule has 0 saturated carbocycles. The highest BCUT2D eigenvalue weighted by Crippen LogP contribution is 2.26. The third kappa shape index (κ3) is 6.60. The third-order valence-corrected chi connectivity index (χ3v) is 5.95. The highest BCUT2D eigenvalue weighted by Gasteiger charge is 2.35. The van der Waals surface area contributed by atoms with Crippen LogP contribution in [0.1, 0.15) is 39.2 Å². The Morgan fingerprint density at radius 1 is 0.969 bits per heavy atom. The number of alkyl halides is 3. The molecule has 2 fully saturated rings. The van der Waals surface area contributed by atoms with Crippen LogP contribution in [0, 0.1) is 11.3 Å². The molecule has 178 valence electrons. The summed E-state index contributed by atoms with van der Waals surface area (Å²) in [7, 11) is 0. The summed E-state index contributed by atoms with van der Waals surface area (Å²) in [6, 6.07) is 5.88. The molecule has 2 heterocycles. The van der Waals surface area contributed by atoms with E-state index in [1.165, 1.54) is 12.1 Å². The number of halogens is 3. The van der Waals surface area contributed by atoms with E-state index in [2.05, 4.69) is 9.64 Å². The van der Waals surface area contributed by atoms with Crippen molar-refractivity contribution < 1.29 is 27.5 Å². The number of piperidine rings is 1. The van der Waals surface area contributed by atoms with E-state index in [-0.39, 0.29) is 23.5 Å². The molecule has 0 aliphatic carbocycles. The molecule has 9 heteroatoms. The molecule has 3 rings (SSSR count). The fourth-order valence-corrected chi connectivity index (χ4v) is 4.28. The molecule has 1 aromatic rings. The molecular formula is C23H32F3N3O3. The average molecular weight is 456 g/mol. The molecule has 2 aliphatic heterocycles. The van der Waals surface area contributed by atoms with Crippen molar-refractivity contribution >= 4 is 11.8 Å². The van der Waals surface area contributed by atoms with E-state index in [9.17, 15) is 22.8 Å². The van der Waals surface area contributed by atoms with E-state index in [1.54, 1.807) is 12.1 Å². The van der Waals surface area contributed by atoms with E-state index >= 15 is 0 Å². The summed E-state index contributed by atoms with van der Waals surface area (Å²) in [5, 5.41) is 0. The minimum atomic E-state index is -4.69. The first-order chi connectivity index (χ1) is 14.9. The Bertz CT molecular complexity index is 797. The zero-order valence-electron chi connectivity index (χ0n) is 19.0. The normalized spacial score (nSPS) is 20.9. The standard InChI is InChI=1S/C23H32F3N3O3/c1-22(2,3)21(31)29-10-4-5-18(16-29)20(30)28-13-11-27(12-14-28)15-17-6-8-19(9-7-17)32-23(24,25)26/h6-9,18H,4-5,10-16H2,1-3H3. The molecule has 2 amide bonds. The fraction of sp³-hybridized carbons (Fsp3) is 0.652. The lowest BCUT2D eigenvalue weighted by atomic mass is 9.90. The lowest BCUT2D eigenvalue weighted by molar-refractivity contribution is -0.274. The molecule has 0 bridgehead atoms. The van der Waals surface area contributed by atoms with Crippen molar-refractivity contribution in [2.45, 2.75) is 46.5 Å². The molecular weight excluding hydrogens is 423 g/mol. The summed E-state index contributed by atoms with van der Waals surface area (Å²) in [6.07, 6.45) is -3.05. The number of amides is 2. The smallest absolute Gasteiger partial charge is 0.406 e. The average Bonchev–Trinajstić information content (AvgIpc) is 2.73. The number of rotatable bonds is 4. The van der Waals surface area contributed by atoms with Crippen molar-refractivity contribution in [3.63, 3.8) is 0 Å². The Morgan fingerprint density at radius 2 is 1.59 bits per heavy atom. The first-order valence-electron chi connectivity index (χ1n) is 11.1. The van der Waals surface area contributed by atoms with E-state index < -0.39 is 11.8 Å². The predicted octanol–water partition coefficient (Wildman–Crippen LogP) is 3.51. The fourth-order valence-electron chi connectivity index (χ4n) is 4.28. The van der Waals surface area contributed by atoms with Gasteiger partial charge in [-0.25, -0.2) is 0 Å². The first-order valence-corrected chi connectivity index (χ1v) is 11.1. The van der Waals surface area contributed by atoms with Crippen LogP contribution >= 0.6 is 0 Å². The lowest BCUT2D eigenvalue weighted by Crippen LogP contribution is -2.53. The second kappa shape index (κ2) is 9.68. The Balaban J connectivity index is 1.48. The number of carbonyl (C=O) groups is 2. The number of carbonyl (C=O) groups excluding carboxylic acids is 2. The maximum Gasteiger partial charge on any atom is 0.573 e. The first kappa shape index (κ1) is 24.4. The van der Waals surface area contributed by atoms with Crippen LogP contribution in [0.3, 0.4) is 0 Å². The summed E-state index contributed by atoms with van der Waals surface area (Å²) in [6.45, 7) is 10.1. The zero-order valence-corrected chi connectivity index (χ0v) is 19.0. The van der Waals surface area contributed by atoms with Gasteiger partial charge < -0.3 is 14.5 Å². The SMILES string of the molecule is CC(C)(C)C(=O)N1CCCC(C(=O)N2CCN(Cc3ccc(OC(F)(F)F)cc3)CC2)C1. The predicted molar refractivity (Wildman–Crippen MR) is 114 cm³/mol. The minimum Gasteiger partial charge on any atom is -0.406 e. The molecule has 0 spiro atoms. The molecule has 1 aromatic carbocycles. The highest BCUT2D eigenvalue weighted by atomic mass is 19.4. The van der Waals surface area contributed by atoms with Gasteiger partial charge in [0, 0.05) is 51.2 Å². The minimum absolute atomic E-state index is 0.0893. The lowest BCUT2D eigenvalue weighted by Gasteiger charge is -2.40. The second-order valence-electron chi connectivity index (χ2n) is 9.63. The van der Waals surface area contributed by atoms with Crippen LogP contribution in [0.25, 0.3) is 0 Å². The number of likely N-dealkylation sites (tertiary alicyclic amines) is 1. The summed E-state index contributed by atoms with van der Waals surface area (Å²) in [5.74, 6) is -0.179. The van der Waals surface area contributed by atoms with Crippen LogP contribution in [0.4, 0.5) is 13.2 Å². The van der Waals surface area contributed by atoms with Crippen molar-refractivity contribution in [2.75, 3.05) is 39.3 Å². The van der Waals surface area contributed by atoms with Gasteiger partial charge in [-0.3, -0.25) is 14.5 Å². The van der Waals surface area contributed by atoms with Gasteiger partial charge in [-0.15, -0.1) is 13.2 Å². The van der Waals surface area contributed by atoms with Crippen molar-refractivity contribution in [3.05, 3.63) is 29.8 Å². The van der Waals surface area contributed by atoms with Gasteiger partial charge >= 0.3 is 6.36 Å². The van der Waals surface area contributed by atoms with Crippen molar-refractivity contribution in [3.8, 4) is 5.75 Å². The van der Waals surface area contributed by atoms with E-state index in [4.69, 9.17) is 0 Å². The number of hydrogen-bond donors (Lipinski definition) is 0. The van der Waals surface area contributed by atoms with Gasteiger partial charge in [-0.2, -0.15) is 0 Å². The van der Waals surface area contributed by atoms with E-state index in [0.717, 1.165) is 18.4 Å². The number of benzene rings is 1. The molecule has 0 radical (unpaired) electrons. The van der Waals surface area contributed by atoms with Gasteiger partial charge in [-0.1, -0.05) is 32.9 Å². The Hall–Kier alpha value is -2.29. The molecule has 0 N–H and O–H groups in total. The van der Waals surface area contributed by atoms with E-state index in [1.807, 2.05) is 30.6 Å². The molecule has 0 aromatic heterocycles. The van der Waals surface area contributed by atoms with Gasteiger partial charge in [0.2, 0.25) is 11.8 Å². The number of nitrogens with zero attached hydrogens (tertiary/aromatic N) is 3. The largest absolute Gasteiger partial charge is 0.573 e. The maximum absolute atomic E-state index is 13.1. The topological polar surface area (TPSA) is 53.1 Å². The number of piperazine rings is 1. The number of hydrogen-bond acceptors (Lipinski definition) is 4. The van der Waals surface area contributed by atoms with Gasteiger partial charge in [0.05, 0.1) is 5.92 Å². The third-order valence-electron chi connectivity index (χ3n) is 5.95. The maximum atomic E-state index is 13.1. The summed E-state index contributed by atoms with van der Waals surface area (Å²) in [5.41, 5.74) is 0.441. The van der Waals surface area contributed by atoms with Gasteiger partial charge in [0.25, 0.3) is 0 Å². The van der Waals surface area contributed by atoms with Crippen molar-refractivity contribution in [1.29, 1.82) is 0 Å². The molecule has 1 atom stereocenters. The van der Waals surface area contributed by atoms with Crippen LogP contribution in [-0.2, 0) is 16.1 Å². The summed E-state index contributed by atoms with van der Waals surface area (Å²) in [4.78, 5) is 31.5. The van der Waals surface area contributed by atoms with Crippen LogP contribution in [-0.4, -0.2) is 72.1 Å². The van der Waals surface area contributed by atoms with Crippen LogP contribution in [0.5, 0.6) is 5.75 Å². The molecule has 2 saturated heterocycles. The second-order valence-corrected chi connectivity index (χ2v) is 9.63. The van der Waals surface area contributed by atoms with Crippen LogP contribution in [0.2, 0.25) is 0 Å². The molecule has 6 nitrogen and oxygen atoms in total. The Morgan fingerprint density at radius 3 is 2.16 bits per heavy atom. The molecule has 1 unspecified atom stereocenters. The Labute approximate surface area is 187 Å². The van der Waals surface area contributed by atoms with E-state index in [0.29, 0.717) is 45.8 Å². The monoisotopic (exact) mass is 455 g/mol. The van der Waals surface area contributed by atoms with Crippen LogP contribution in [0.15, 0.2) is 24.3 Å². The van der Waals surface area contributed by atoms with Crippen LogP contribution < -0.4 is 4.74 Å². The highest BCUT2D eigenvalue weighted by molar-refractivity contribution is 5.84. The Kier molecular flexibility index (Phi) is 7.37. The van der Waals surface area contributed by atoms with Gasteiger partial charge in [0.15, 0.2) is 0 Å². The molecule has 32 heavy (non-hydrogen) atoms. The summed E-state index contributed by atoms with van der Waals surface area (Å²) < 4.78 is 40.7. The summed E-state index contributed by atoms with van der Waals surface area (Å²) >= 11 is 0. The number of ether oxygens (including phenoxy) is 1. The van der Waals surface area contributed by atoms with Gasteiger partial charge in [-0.05, 0) is 30.5 Å². The van der Waals surface area contributed by atoms with Crippen molar-refractivity contribution in [1.82, 2.24) is 14.7 Å². The van der Waals surface area contributed by atoms with Crippen molar-refractivity contribution in [2.24, 2.45) is 11.3 Å². The van der Waals surface area contributed by atoms with Gasteiger partial charge in [0.1, 0.15) is 5.75 Å². The quantitative estimate of drug-likeness (QED) is 0.697.